The molecule has 0 amide bonds. The van der Waals surface area contributed by atoms with Gasteiger partial charge in [-0.2, -0.15) is 0 Å². The monoisotopic (exact) mass is 277 g/mol. The molecule has 2 atom stereocenters. The SMILES string of the molecule is OC1CCCC(CNCc2cc3cc(F)ccc3o2)C1. The van der Waals surface area contributed by atoms with Gasteiger partial charge in [0.05, 0.1) is 12.6 Å². The second kappa shape index (κ2) is 5.94. The highest BCUT2D eigenvalue weighted by molar-refractivity contribution is 5.77. The normalized spacial score (nSPS) is 23.3. The van der Waals surface area contributed by atoms with Gasteiger partial charge in [0.15, 0.2) is 0 Å². The van der Waals surface area contributed by atoms with Crippen molar-refractivity contribution < 1.29 is 13.9 Å². The predicted molar refractivity (Wildman–Crippen MR) is 75.8 cm³/mol. The third-order valence-corrected chi connectivity index (χ3v) is 4.02. The van der Waals surface area contributed by atoms with Crippen LogP contribution in [-0.4, -0.2) is 17.8 Å². The van der Waals surface area contributed by atoms with Crippen molar-refractivity contribution in [3.63, 3.8) is 0 Å². The number of benzene rings is 1. The summed E-state index contributed by atoms with van der Waals surface area (Å²) in [5.41, 5.74) is 0.719. The van der Waals surface area contributed by atoms with E-state index in [4.69, 9.17) is 4.42 Å². The van der Waals surface area contributed by atoms with Crippen LogP contribution in [0.15, 0.2) is 28.7 Å². The third-order valence-electron chi connectivity index (χ3n) is 4.02. The van der Waals surface area contributed by atoms with Gasteiger partial charge >= 0.3 is 0 Å². The first-order valence-corrected chi connectivity index (χ1v) is 7.27. The van der Waals surface area contributed by atoms with Crippen LogP contribution in [0.4, 0.5) is 4.39 Å². The Kier molecular flexibility index (Phi) is 4.03. The van der Waals surface area contributed by atoms with Crippen LogP contribution in [0.5, 0.6) is 0 Å². The summed E-state index contributed by atoms with van der Waals surface area (Å²) in [6.45, 7) is 1.53. The lowest BCUT2D eigenvalue weighted by molar-refractivity contribution is 0.100. The van der Waals surface area contributed by atoms with Gasteiger partial charge in [-0.3, -0.25) is 0 Å². The fourth-order valence-electron chi connectivity index (χ4n) is 3.00. The number of furan rings is 1. The number of nitrogens with one attached hydrogen (secondary N) is 1. The molecule has 0 bridgehead atoms. The Hall–Kier alpha value is -1.39. The predicted octanol–water partition coefficient (Wildman–Crippen LogP) is 3.21. The first-order valence-electron chi connectivity index (χ1n) is 7.27. The largest absolute Gasteiger partial charge is 0.460 e. The van der Waals surface area contributed by atoms with E-state index in [0.29, 0.717) is 12.5 Å². The van der Waals surface area contributed by atoms with Crippen LogP contribution in [0.2, 0.25) is 0 Å². The summed E-state index contributed by atoms with van der Waals surface area (Å²) in [4.78, 5) is 0. The first-order chi connectivity index (χ1) is 9.70. The minimum atomic E-state index is -0.242. The number of hydrogen-bond acceptors (Lipinski definition) is 3. The summed E-state index contributed by atoms with van der Waals surface area (Å²) < 4.78 is 18.8. The number of aliphatic hydroxyl groups is 1. The summed E-state index contributed by atoms with van der Waals surface area (Å²) in [7, 11) is 0. The van der Waals surface area contributed by atoms with Crippen molar-refractivity contribution in [2.75, 3.05) is 6.54 Å². The fourth-order valence-corrected chi connectivity index (χ4v) is 3.00. The summed E-state index contributed by atoms with van der Waals surface area (Å²) in [6.07, 6.45) is 3.97. The highest BCUT2D eigenvalue weighted by Crippen LogP contribution is 2.24. The lowest BCUT2D eigenvalue weighted by atomic mass is 9.87. The van der Waals surface area contributed by atoms with Crippen LogP contribution in [0.25, 0.3) is 11.0 Å². The van der Waals surface area contributed by atoms with Crippen molar-refractivity contribution in [2.24, 2.45) is 5.92 Å². The number of rotatable bonds is 4. The molecule has 2 N–H and O–H groups in total. The molecule has 108 valence electrons. The maximum Gasteiger partial charge on any atom is 0.134 e. The van der Waals surface area contributed by atoms with Gasteiger partial charge in [-0.25, -0.2) is 4.39 Å². The molecule has 3 nitrogen and oxygen atoms in total. The fraction of sp³-hybridized carbons (Fsp3) is 0.500. The quantitative estimate of drug-likeness (QED) is 0.902. The molecule has 0 saturated heterocycles. The molecule has 1 fully saturated rings. The molecule has 4 heteroatoms. The van der Waals surface area contributed by atoms with Crippen LogP contribution < -0.4 is 5.32 Å². The number of aliphatic hydroxyl groups excluding tert-OH is 1. The van der Waals surface area contributed by atoms with E-state index in [1.807, 2.05) is 6.07 Å². The van der Waals surface area contributed by atoms with Crippen molar-refractivity contribution in [1.82, 2.24) is 5.32 Å². The molecule has 3 rings (SSSR count). The Bertz CT molecular complexity index is 581. The molecule has 0 aliphatic heterocycles. The molecule has 1 aliphatic carbocycles. The minimum absolute atomic E-state index is 0.135. The van der Waals surface area contributed by atoms with E-state index >= 15 is 0 Å². The van der Waals surface area contributed by atoms with E-state index in [0.717, 1.165) is 42.5 Å². The molecule has 0 radical (unpaired) electrons. The maximum absolute atomic E-state index is 13.1. The van der Waals surface area contributed by atoms with Gasteiger partial charge in [0.2, 0.25) is 0 Å². The molecule has 2 unspecified atom stereocenters. The zero-order chi connectivity index (χ0) is 13.9. The molecule has 1 aromatic heterocycles. The zero-order valence-corrected chi connectivity index (χ0v) is 11.4. The second-order valence-corrected chi connectivity index (χ2v) is 5.71. The second-order valence-electron chi connectivity index (χ2n) is 5.71. The first kappa shape index (κ1) is 13.6. The van der Waals surface area contributed by atoms with E-state index in [1.165, 1.54) is 18.6 Å². The van der Waals surface area contributed by atoms with Crippen LogP contribution in [0.3, 0.4) is 0 Å². The van der Waals surface area contributed by atoms with Gasteiger partial charge in [-0.15, -0.1) is 0 Å². The van der Waals surface area contributed by atoms with Crippen LogP contribution in [-0.2, 0) is 6.54 Å². The summed E-state index contributed by atoms with van der Waals surface area (Å²) in [6, 6.07) is 6.43. The smallest absolute Gasteiger partial charge is 0.134 e. The van der Waals surface area contributed by atoms with Crippen molar-refractivity contribution in [3.8, 4) is 0 Å². The highest BCUT2D eigenvalue weighted by atomic mass is 19.1. The average Bonchev–Trinajstić information content (AvgIpc) is 2.80. The van der Waals surface area contributed by atoms with Crippen molar-refractivity contribution >= 4 is 11.0 Å². The molecule has 1 saturated carbocycles. The van der Waals surface area contributed by atoms with Crippen LogP contribution in [0, 0.1) is 11.7 Å². The molecule has 0 spiro atoms. The molecular weight excluding hydrogens is 257 g/mol. The summed E-state index contributed by atoms with van der Waals surface area (Å²) in [5, 5.41) is 13.8. The topological polar surface area (TPSA) is 45.4 Å². The Morgan fingerprint density at radius 1 is 1.30 bits per heavy atom. The number of fused-ring (bicyclic) bond motifs is 1. The molecule has 20 heavy (non-hydrogen) atoms. The molecule has 2 aromatic rings. The average molecular weight is 277 g/mol. The standard InChI is InChI=1S/C16H20FNO2/c17-13-4-5-16-12(7-13)8-15(20-16)10-18-9-11-2-1-3-14(19)6-11/h4-5,7-8,11,14,18-19H,1-3,6,9-10H2. The van der Waals surface area contributed by atoms with Crippen LogP contribution in [0.1, 0.15) is 31.4 Å². The lowest BCUT2D eigenvalue weighted by Crippen LogP contribution is -2.28. The van der Waals surface area contributed by atoms with E-state index in [-0.39, 0.29) is 11.9 Å². The van der Waals surface area contributed by atoms with Gasteiger partial charge in [-0.05, 0) is 56.0 Å². The third kappa shape index (κ3) is 3.19. The molecule has 1 heterocycles. The van der Waals surface area contributed by atoms with E-state index in [9.17, 15) is 9.50 Å². The molecule has 1 aromatic carbocycles. The van der Waals surface area contributed by atoms with Crippen molar-refractivity contribution in [3.05, 3.63) is 35.8 Å². The Balaban J connectivity index is 1.54. The Labute approximate surface area is 117 Å². The maximum atomic E-state index is 13.1. The van der Waals surface area contributed by atoms with Crippen molar-refractivity contribution in [1.29, 1.82) is 0 Å². The molecular formula is C16H20FNO2. The van der Waals surface area contributed by atoms with Gasteiger partial charge in [0.25, 0.3) is 0 Å². The summed E-state index contributed by atoms with van der Waals surface area (Å²) >= 11 is 0. The Morgan fingerprint density at radius 3 is 3.05 bits per heavy atom. The minimum Gasteiger partial charge on any atom is -0.460 e. The van der Waals surface area contributed by atoms with Gasteiger partial charge < -0.3 is 14.8 Å². The zero-order valence-electron chi connectivity index (χ0n) is 11.4. The van der Waals surface area contributed by atoms with Gasteiger partial charge in [-0.1, -0.05) is 6.42 Å². The van der Waals surface area contributed by atoms with E-state index in [2.05, 4.69) is 5.32 Å². The van der Waals surface area contributed by atoms with Crippen LogP contribution >= 0.6 is 0 Å². The highest BCUT2D eigenvalue weighted by Gasteiger charge is 2.19. The molecule has 1 aliphatic rings. The summed E-state index contributed by atoms with van der Waals surface area (Å²) in [5.74, 6) is 1.12. The van der Waals surface area contributed by atoms with E-state index in [1.54, 1.807) is 6.07 Å². The van der Waals surface area contributed by atoms with Gasteiger partial charge in [0.1, 0.15) is 17.2 Å². The lowest BCUT2D eigenvalue weighted by Gasteiger charge is -2.25. The van der Waals surface area contributed by atoms with Gasteiger partial charge in [0, 0.05) is 5.39 Å². The van der Waals surface area contributed by atoms with E-state index < -0.39 is 0 Å². The Morgan fingerprint density at radius 2 is 2.20 bits per heavy atom. The number of hydrogen-bond donors (Lipinski definition) is 2. The number of halogens is 1. The van der Waals surface area contributed by atoms with Crippen molar-refractivity contribution in [2.45, 2.75) is 38.3 Å².